The summed E-state index contributed by atoms with van der Waals surface area (Å²) in [6, 6.07) is 11.0. The van der Waals surface area contributed by atoms with Gasteiger partial charge in [-0.15, -0.1) is 0 Å². The smallest absolute Gasteiger partial charge is 0.267 e. The normalized spacial score (nSPS) is 14.2. The Kier molecular flexibility index (Phi) is 5.15. The van der Waals surface area contributed by atoms with Crippen molar-refractivity contribution >= 4 is 0 Å². The summed E-state index contributed by atoms with van der Waals surface area (Å²) in [5.74, 6) is 0.762. The molecule has 0 fully saturated rings. The number of aromatic nitrogens is 2. The van der Waals surface area contributed by atoms with Crippen molar-refractivity contribution in [3.05, 3.63) is 57.5 Å². The zero-order valence-electron chi connectivity index (χ0n) is 14.6. The van der Waals surface area contributed by atoms with Crippen LogP contribution in [0.4, 0.5) is 0 Å². The van der Waals surface area contributed by atoms with Crippen LogP contribution in [0.3, 0.4) is 0 Å². The van der Waals surface area contributed by atoms with Gasteiger partial charge in [0, 0.05) is 32.1 Å². The molecule has 0 atom stereocenters. The van der Waals surface area contributed by atoms with E-state index in [2.05, 4.69) is 16.1 Å². The molecule has 1 aromatic heterocycles. The van der Waals surface area contributed by atoms with E-state index < -0.39 is 0 Å². The van der Waals surface area contributed by atoms with Gasteiger partial charge in [-0.3, -0.25) is 9.69 Å². The number of fused-ring (bicyclic) bond motifs is 1. The summed E-state index contributed by atoms with van der Waals surface area (Å²) in [5, 5.41) is 13.3. The molecule has 0 N–H and O–H groups in total. The lowest BCUT2D eigenvalue weighted by molar-refractivity contribution is 0.194. The zero-order valence-corrected chi connectivity index (χ0v) is 14.6. The average molecular weight is 338 g/mol. The first-order valence-corrected chi connectivity index (χ1v) is 8.54. The van der Waals surface area contributed by atoms with Crippen molar-refractivity contribution < 1.29 is 4.74 Å². The highest BCUT2D eigenvalue weighted by Crippen LogP contribution is 2.16. The molecule has 0 radical (unpaired) electrons. The molecule has 0 aliphatic carbocycles. The van der Waals surface area contributed by atoms with Crippen molar-refractivity contribution in [2.75, 3.05) is 19.7 Å². The first-order chi connectivity index (χ1) is 12.1. The molecule has 2 aromatic rings. The van der Waals surface area contributed by atoms with E-state index in [9.17, 15) is 4.79 Å². The molecule has 0 unspecified atom stereocenters. The van der Waals surface area contributed by atoms with Gasteiger partial charge in [0.1, 0.15) is 12.4 Å². The van der Waals surface area contributed by atoms with Crippen LogP contribution in [0.5, 0.6) is 5.75 Å². The van der Waals surface area contributed by atoms with Crippen molar-refractivity contribution in [2.24, 2.45) is 0 Å². The minimum Gasteiger partial charge on any atom is -0.492 e. The van der Waals surface area contributed by atoms with Gasteiger partial charge < -0.3 is 4.74 Å². The molecule has 3 rings (SSSR count). The van der Waals surface area contributed by atoms with Gasteiger partial charge in [-0.2, -0.15) is 10.4 Å². The Morgan fingerprint density at radius 3 is 2.76 bits per heavy atom. The fourth-order valence-electron chi connectivity index (χ4n) is 2.95. The third-order valence-electron chi connectivity index (χ3n) is 4.33. The van der Waals surface area contributed by atoms with Crippen LogP contribution in [-0.2, 0) is 13.0 Å². The monoisotopic (exact) mass is 338 g/mol. The summed E-state index contributed by atoms with van der Waals surface area (Å²) in [6.45, 7) is 6.93. The first-order valence-electron chi connectivity index (χ1n) is 8.54. The third kappa shape index (κ3) is 4.06. The molecule has 6 heteroatoms. The van der Waals surface area contributed by atoms with Crippen molar-refractivity contribution in [1.82, 2.24) is 14.7 Å². The lowest BCUT2D eigenvalue weighted by Crippen LogP contribution is -2.37. The van der Waals surface area contributed by atoms with Gasteiger partial charge in [-0.05, 0) is 43.7 Å². The van der Waals surface area contributed by atoms with Crippen LogP contribution in [-0.4, -0.2) is 34.4 Å². The minimum absolute atomic E-state index is 0.0376. The van der Waals surface area contributed by atoms with Gasteiger partial charge >= 0.3 is 0 Å². The Balaban J connectivity index is 1.57. The summed E-state index contributed by atoms with van der Waals surface area (Å²) in [5.41, 5.74) is 2.63. The van der Waals surface area contributed by atoms with E-state index in [0.29, 0.717) is 12.2 Å². The standard InChI is InChI=1S/C19H22N4O2/c1-14(2)23-19(24)11-16-13-22(8-7-18(16)21-23)9-10-25-17-5-3-15(12-20)4-6-17/h3-6,11,14H,7-10,13H2,1-2H3. The molecule has 0 amide bonds. The Morgan fingerprint density at radius 2 is 2.08 bits per heavy atom. The van der Waals surface area contributed by atoms with Gasteiger partial charge in [0.05, 0.1) is 23.4 Å². The number of rotatable bonds is 5. The van der Waals surface area contributed by atoms with Crippen LogP contribution < -0.4 is 10.3 Å². The molecule has 6 nitrogen and oxygen atoms in total. The van der Waals surface area contributed by atoms with E-state index in [0.717, 1.165) is 43.1 Å². The largest absolute Gasteiger partial charge is 0.492 e. The van der Waals surface area contributed by atoms with Gasteiger partial charge in [0.2, 0.25) is 0 Å². The Morgan fingerprint density at radius 1 is 1.32 bits per heavy atom. The summed E-state index contributed by atoms with van der Waals surface area (Å²) < 4.78 is 7.30. The number of hydrogen-bond donors (Lipinski definition) is 0. The van der Waals surface area contributed by atoms with Crippen LogP contribution >= 0.6 is 0 Å². The fourth-order valence-corrected chi connectivity index (χ4v) is 2.95. The number of hydrogen-bond acceptors (Lipinski definition) is 5. The molecule has 0 spiro atoms. The maximum Gasteiger partial charge on any atom is 0.267 e. The van der Waals surface area contributed by atoms with Gasteiger partial charge in [0.15, 0.2) is 0 Å². The van der Waals surface area contributed by atoms with E-state index in [1.807, 2.05) is 26.0 Å². The van der Waals surface area contributed by atoms with Crippen LogP contribution in [0, 0.1) is 11.3 Å². The summed E-state index contributed by atoms with van der Waals surface area (Å²) in [4.78, 5) is 14.4. The second-order valence-electron chi connectivity index (χ2n) is 6.50. The van der Waals surface area contributed by atoms with Gasteiger partial charge in [-0.25, -0.2) is 4.68 Å². The molecule has 1 aliphatic heterocycles. The predicted molar refractivity (Wildman–Crippen MR) is 94.5 cm³/mol. The van der Waals surface area contributed by atoms with Crippen LogP contribution in [0.15, 0.2) is 35.1 Å². The molecule has 1 aromatic carbocycles. The molecule has 25 heavy (non-hydrogen) atoms. The molecule has 0 saturated heterocycles. The van der Waals surface area contributed by atoms with E-state index in [-0.39, 0.29) is 11.6 Å². The Bertz CT molecular complexity index is 834. The average Bonchev–Trinajstić information content (AvgIpc) is 2.61. The van der Waals surface area contributed by atoms with Crippen molar-refractivity contribution in [3.63, 3.8) is 0 Å². The number of nitriles is 1. The Hall–Kier alpha value is -2.65. The second-order valence-corrected chi connectivity index (χ2v) is 6.50. The van der Waals surface area contributed by atoms with Crippen molar-refractivity contribution in [3.8, 4) is 11.8 Å². The van der Waals surface area contributed by atoms with Crippen LogP contribution in [0.25, 0.3) is 0 Å². The number of benzene rings is 1. The molecule has 2 heterocycles. The third-order valence-corrected chi connectivity index (χ3v) is 4.33. The van der Waals surface area contributed by atoms with Crippen molar-refractivity contribution in [1.29, 1.82) is 5.26 Å². The minimum atomic E-state index is -0.0376. The molecule has 1 aliphatic rings. The van der Waals surface area contributed by atoms with E-state index in [1.54, 1.807) is 22.9 Å². The highest BCUT2D eigenvalue weighted by Gasteiger charge is 2.19. The molecule has 0 bridgehead atoms. The lowest BCUT2D eigenvalue weighted by atomic mass is 10.1. The van der Waals surface area contributed by atoms with E-state index in [4.69, 9.17) is 10.00 Å². The fraction of sp³-hybridized carbons (Fsp3) is 0.421. The van der Waals surface area contributed by atoms with Crippen LogP contribution in [0.1, 0.15) is 36.7 Å². The second kappa shape index (κ2) is 7.49. The van der Waals surface area contributed by atoms with E-state index >= 15 is 0 Å². The molecular formula is C19H22N4O2. The predicted octanol–water partition coefficient (Wildman–Crippen LogP) is 2.13. The molecule has 0 saturated carbocycles. The topological polar surface area (TPSA) is 71.2 Å². The zero-order chi connectivity index (χ0) is 17.8. The summed E-state index contributed by atoms with van der Waals surface area (Å²) in [6.07, 6.45) is 0.846. The highest BCUT2D eigenvalue weighted by molar-refractivity contribution is 5.34. The molecule has 130 valence electrons. The number of ether oxygens (including phenoxy) is 1. The van der Waals surface area contributed by atoms with E-state index in [1.165, 1.54) is 0 Å². The summed E-state index contributed by atoms with van der Waals surface area (Å²) >= 11 is 0. The SMILES string of the molecule is CC(C)n1nc2c(cc1=O)CN(CCOc1ccc(C#N)cc1)CC2. The quantitative estimate of drug-likeness (QED) is 0.835. The lowest BCUT2D eigenvalue weighted by Gasteiger charge is -2.28. The summed E-state index contributed by atoms with van der Waals surface area (Å²) in [7, 11) is 0. The number of nitrogens with zero attached hydrogens (tertiary/aromatic N) is 4. The van der Waals surface area contributed by atoms with Crippen molar-refractivity contribution in [2.45, 2.75) is 32.9 Å². The maximum absolute atomic E-state index is 12.1. The maximum atomic E-state index is 12.1. The Labute approximate surface area is 147 Å². The first kappa shape index (κ1) is 17.2. The molecular weight excluding hydrogens is 316 g/mol. The van der Waals surface area contributed by atoms with Crippen LogP contribution in [0.2, 0.25) is 0 Å². The van der Waals surface area contributed by atoms with Gasteiger partial charge in [0.25, 0.3) is 5.56 Å². The van der Waals surface area contributed by atoms with Gasteiger partial charge in [-0.1, -0.05) is 0 Å². The highest BCUT2D eigenvalue weighted by atomic mass is 16.5.